The lowest BCUT2D eigenvalue weighted by molar-refractivity contribution is 0.623. The molecule has 0 radical (unpaired) electrons. The SMILES string of the molecule is CN(c1ccccc1)c1ccc(N(c2ccc(-c3ccccc3)cc2)c2cc3ccccc3c3oc(-c4ccccc4)nc23)cc1-c1ccccc1. The standard InChI is InChI=1S/C48H35N3O/c1-50(39-23-12-5-13-24-39)44-31-30-41(33-43(44)36-18-8-3-9-19-36)51(40-28-26-35(27-29-40)34-16-6-2-7-17-34)45-32-38-22-14-15-25-42(38)47-46(45)49-48(52-47)37-20-10-4-11-21-37/h2-33H,1H3. The van der Waals surface area contributed by atoms with Gasteiger partial charge in [0.05, 0.1) is 5.69 Å². The van der Waals surface area contributed by atoms with Gasteiger partial charge in [0, 0.05) is 46.3 Å². The van der Waals surface area contributed by atoms with Gasteiger partial charge in [-0.2, -0.15) is 0 Å². The predicted octanol–water partition coefficient (Wildman–Crippen LogP) is 13.2. The van der Waals surface area contributed by atoms with Crippen molar-refractivity contribution < 1.29 is 4.42 Å². The zero-order chi connectivity index (χ0) is 34.9. The van der Waals surface area contributed by atoms with Crippen molar-refractivity contribution in [2.45, 2.75) is 0 Å². The molecule has 8 aromatic carbocycles. The molecule has 0 saturated heterocycles. The van der Waals surface area contributed by atoms with E-state index in [0.29, 0.717) is 5.89 Å². The van der Waals surface area contributed by atoms with Gasteiger partial charge in [0.1, 0.15) is 5.52 Å². The average Bonchev–Trinajstić information content (AvgIpc) is 3.69. The fraction of sp³-hybridized carbons (Fsp3) is 0.0208. The van der Waals surface area contributed by atoms with E-state index in [4.69, 9.17) is 9.40 Å². The summed E-state index contributed by atoms with van der Waals surface area (Å²) < 4.78 is 6.66. The molecule has 248 valence electrons. The van der Waals surface area contributed by atoms with Crippen LogP contribution in [0.25, 0.3) is 55.6 Å². The van der Waals surface area contributed by atoms with E-state index >= 15 is 0 Å². The Kier molecular flexibility index (Phi) is 8.03. The van der Waals surface area contributed by atoms with Crippen LogP contribution in [0.2, 0.25) is 0 Å². The molecule has 0 aliphatic rings. The van der Waals surface area contributed by atoms with Gasteiger partial charge in [-0.25, -0.2) is 4.98 Å². The highest BCUT2D eigenvalue weighted by molar-refractivity contribution is 6.11. The van der Waals surface area contributed by atoms with E-state index in [1.807, 2.05) is 30.3 Å². The lowest BCUT2D eigenvalue weighted by atomic mass is 10.00. The third kappa shape index (κ3) is 5.76. The zero-order valence-corrected chi connectivity index (χ0v) is 28.7. The summed E-state index contributed by atoms with van der Waals surface area (Å²) in [5.74, 6) is 0.595. The topological polar surface area (TPSA) is 32.5 Å². The van der Waals surface area contributed by atoms with Gasteiger partial charge in [0.15, 0.2) is 5.58 Å². The number of hydrogen-bond donors (Lipinski definition) is 0. The molecule has 0 saturated carbocycles. The molecule has 1 heterocycles. The summed E-state index contributed by atoms with van der Waals surface area (Å²) in [7, 11) is 2.13. The largest absolute Gasteiger partial charge is 0.435 e. The van der Waals surface area contributed by atoms with Crippen LogP contribution in [0.15, 0.2) is 199 Å². The monoisotopic (exact) mass is 669 g/mol. The highest BCUT2D eigenvalue weighted by atomic mass is 16.3. The van der Waals surface area contributed by atoms with E-state index < -0.39 is 0 Å². The molecule has 0 atom stereocenters. The van der Waals surface area contributed by atoms with Crippen molar-refractivity contribution in [2.24, 2.45) is 0 Å². The minimum Gasteiger partial charge on any atom is -0.435 e. The molecule has 0 N–H and O–H groups in total. The number of rotatable bonds is 8. The summed E-state index contributed by atoms with van der Waals surface area (Å²) in [5.41, 5.74) is 12.3. The average molecular weight is 670 g/mol. The second-order valence-electron chi connectivity index (χ2n) is 12.9. The Labute approximate surface area is 303 Å². The Morgan fingerprint density at radius 3 is 1.69 bits per heavy atom. The van der Waals surface area contributed by atoms with E-state index in [1.54, 1.807) is 0 Å². The second kappa shape index (κ2) is 13.4. The number of para-hydroxylation sites is 1. The van der Waals surface area contributed by atoms with Gasteiger partial charge in [0.2, 0.25) is 5.89 Å². The molecule has 0 unspecified atom stereocenters. The number of nitrogens with zero attached hydrogens (tertiary/aromatic N) is 3. The highest BCUT2D eigenvalue weighted by Crippen LogP contribution is 2.46. The summed E-state index contributed by atoms with van der Waals surface area (Å²) in [6, 6.07) is 67.9. The van der Waals surface area contributed by atoms with E-state index in [0.717, 1.165) is 72.6 Å². The molecule has 52 heavy (non-hydrogen) atoms. The highest BCUT2D eigenvalue weighted by Gasteiger charge is 2.23. The maximum Gasteiger partial charge on any atom is 0.227 e. The normalized spacial score (nSPS) is 11.2. The lowest BCUT2D eigenvalue weighted by Crippen LogP contribution is -2.13. The Hall–Kier alpha value is -6.91. The van der Waals surface area contributed by atoms with Crippen LogP contribution in [0.4, 0.5) is 28.4 Å². The van der Waals surface area contributed by atoms with Crippen molar-refractivity contribution in [1.82, 2.24) is 4.98 Å². The Morgan fingerprint density at radius 1 is 0.442 bits per heavy atom. The van der Waals surface area contributed by atoms with Crippen LogP contribution in [-0.2, 0) is 0 Å². The summed E-state index contributed by atoms with van der Waals surface area (Å²) in [4.78, 5) is 9.79. The van der Waals surface area contributed by atoms with Crippen LogP contribution in [0.5, 0.6) is 0 Å². The lowest BCUT2D eigenvalue weighted by Gasteiger charge is -2.29. The van der Waals surface area contributed by atoms with E-state index in [2.05, 4.69) is 181 Å². The molecule has 4 nitrogen and oxygen atoms in total. The molecule has 1 aromatic heterocycles. The molecule has 9 rings (SSSR count). The van der Waals surface area contributed by atoms with E-state index in [9.17, 15) is 0 Å². The van der Waals surface area contributed by atoms with Crippen molar-refractivity contribution in [3.05, 3.63) is 194 Å². The fourth-order valence-electron chi connectivity index (χ4n) is 7.05. The molecule has 0 aliphatic carbocycles. The molecular formula is C48H35N3O. The molecule has 4 heteroatoms. The van der Waals surface area contributed by atoms with Crippen molar-refractivity contribution >= 4 is 50.3 Å². The van der Waals surface area contributed by atoms with Crippen LogP contribution in [-0.4, -0.2) is 12.0 Å². The summed E-state index contributed by atoms with van der Waals surface area (Å²) in [5, 5.41) is 2.11. The fourth-order valence-corrected chi connectivity index (χ4v) is 7.05. The number of hydrogen-bond acceptors (Lipinski definition) is 4. The van der Waals surface area contributed by atoms with Crippen LogP contribution in [0.1, 0.15) is 0 Å². The first-order valence-corrected chi connectivity index (χ1v) is 17.5. The number of benzene rings is 8. The van der Waals surface area contributed by atoms with Gasteiger partial charge in [-0.1, -0.05) is 133 Å². The van der Waals surface area contributed by atoms with Gasteiger partial charge in [-0.3, -0.25) is 0 Å². The Bertz CT molecular complexity index is 2620. The van der Waals surface area contributed by atoms with Crippen LogP contribution in [0.3, 0.4) is 0 Å². The smallest absolute Gasteiger partial charge is 0.227 e. The molecule has 0 bridgehead atoms. The van der Waals surface area contributed by atoms with E-state index in [-0.39, 0.29) is 0 Å². The quantitative estimate of drug-likeness (QED) is 0.161. The van der Waals surface area contributed by atoms with Gasteiger partial charge >= 0.3 is 0 Å². The molecule has 9 aromatic rings. The summed E-state index contributed by atoms with van der Waals surface area (Å²) >= 11 is 0. The molecule has 0 amide bonds. The number of aromatic nitrogens is 1. The van der Waals surface area contributed by atoms with Crippen molar-refractivity contribution in [2.75, 3.05) is 16.8 Å². The Balaban J connectivity index is 1.29. The first-order chi connectivity index (χ1) is 25.7. The number of fused-ring (bicyclic) bond motifs is 3. The molecular weight excluding hydrogens is 635 g/mol. The van der Waals surface area contributed by atoms with Gasteiger partial charge in [0.25, 0.3) is 0 Å². The van der Waals surface area contributed by atoms with Crippen molar-refractivity contribution in [1.29, 1.82) is 0 Å². The number of anilines is 5. The maximum atomic E-state index is 6.66. The summed E-state index contributed by atoms with van der Waals surface area (Å²) in [6.45, 7) is 0. The first-order valence-electron chi connectivity index (χ1n) is 17.5. The van der Waals surface area contributed by atoms with E-state index in [1.165, 1.54) is 5.56 Å². The third-order valence-electron chi connectivity index (χ3n) is 9.69. The van der Waals surface area contributed by atoms with Crippen molar-refractivity contribution in [3.63, 3.8) is 0 Å². The Morgan fingerprint density at radius 2 is 1.00 bits per heavy atom. The predicted molar refractivity (Wildman–Crippen MR) is 217 cm³/mol. The zero-order valence-electron chi connectivity index (χ0n) is 28.7. The third-order valence-corrected chi connectivity index (χ3v) is 9.69. The van der Waals surface area contributed by atoms with Gasteiger partial charge in [-0.15, -0.1) is 0 Å². The van der Waals surface area contributed by atoms with Crippen LogP contribution >= 0.6 is 0 Å². The summed E-state index contributed by atoms with van der Waals surface area (Å²) in [6.07, 6.45) is 0. The first kappa shape index (κ1) is 31.1. The maximum absolute atomic E-state index is 6.66. The minimum absolute atomic E-state index is 0.595. The van der Waals surface area contributed by atoms with Crippen LogP contribution in [0, 0.1) is 0 Å². The van der Waals surface area contributed by atoms with Gasteiger partial charge in [-0.05, 0) is 82.7 Å². The molecule has 0 aliphatic heterocycles. The molecule has 0 fully saturated rings. The molecule has 0 spiro atoms. The second-order valence-corrected chi connectivity index (χ2v) is 12.9. The van der Waals surface area contributed by atoms with Gasteiger partial charge < -0.3 is 14.2 Å². The van der Waals surface area contributed by atoms with Crippen molar-refractivity contribution in [3.8, 4) is 33.7 Å². The van der Waals surface area contributed by atoms with Crippen LogP contribution < -0.4 is 9.80 Å². The number of oxazole rings is 1. The minimum atomic E-state index is 0.595.